The Kier molecular flexibility index (Phi) is 7.75. The molecule has 3 nitrogen and oxygen atoms in total. The molecule has 0 atom stereocenters. The van der Waals surface area contributed by atoms with Crippen LogP contribution in [-0.2, 0) is 9.33 Å². The summed E-state index contributed by atoms with van der Waals surface area (Å²) in [6, 6.07) is 25.1. The molecule has 0 fully saturated rings. The first-order valence-corrected chi connectivity index (χ1v) is 9.17. The van der Waals surface area contributed by atoms with Crippen LogP contribution in [0, 0.1) is 13.8 Å². The molecule has 1 N–H and O–H groups in total. The Morgan fingerprint density at radius 3 is 1.13 bits per heavy atom. The molecule has 0 radical (unpaired) electrons. The van der Waals surface area contributed by atoms with Crippen LogP contribution in [0.25, 0.3) is 10.8 Å². The average molecular weight is 351 g/mol. The van der Waals surface area contributed by atoms with E-state index in [1.54, 1.807) is 0 Å². The highest BCUT2D eigenvalue weighted by atomic mass is 35.7. The molecule has 0 unspecified atom stereocenters. The van der Waals surface area contributed by atoms with Gasteiger partial charge in [0, 0.05) is 10.7 Å². The van der Waals surface area contributed by atoms with E-state index < -0.39 is 9.33 Å². The molecule has 122 valence electrons. The standard InChI is InChI=1S/C10H8.C8H10.ClHO3S/c1-2-6-10-8-4-3-7-9(10)5-1;1-7-5-3-4-6-8(7)2;1-5(2,3)4/h1-8H;3-6H,1-2H3;(H,2,3,4). The molecular formula is C18H19ClO3S. The third-order valence-electron chi connectivity index (χ3n) is 3.08. The van der Waals surface area contributed by atoms with E-state index in [1.165, 1.54) is 21.9 Å². The number of aryl methyl sites for hydroxylation is 2. The molecule has 0 heterocycles. The van der Waals surface area contributed by atoms with E-state index >= 15 is 0 Å². The predicted octanol–water partition coefficient (Wildman–Crippen LogP) is 5.17. The fourth-order valence-electron chi connectivity index (χ4n) is 1.80. The van der Waals surface area contributed by atoms with Crippen molar-refractivity contribution < 1.29 is 13.0 Å². The number of fused-ring (bicyclic) bond motifs is 1. The van der Waals surface area contributed by atoms with Crippen LogP contribution in [-0.4, -0.2) is 13.0 Å². The Labute approximate surface area is 141 Å². The predicted molar refractivity (Wildman–Crippen MR) is 97.3 cm³/mol. The lowest BCUT2D eigenvalue weighted by molar-refractivity contribution is 0.501. The van der Waals surface area contributed by atoms with Crippen LogP contribution < -0.4 is 0 Å². The monoisotopic (exact) mass is 350 g/mol. The minimum atomic E-state index is -4.19. The van der Waals surface area contributed by atoms with Crippen LogP contribution >= 0.6 is 10.7 Å². The van der Waals surface area contributed by atoms with Gasteiger partial charge in [-0.2, -0.15) is 8.42 Å². The minimum Gasteiger partial charge on any atom is -0.273 e. The maximum atomic E-state index is 8.95. The van der Waals surface area contributed by atoms with Crippen molar-refractivity contribution >= 4 is 30.8 Å². The Hall–Kier alpha value is -1.88. The van der Waals surface area contributed by atoms with Gasteiger partial charge in [0.15, 0.2) is 0 Å². The van der Waals surface area contributed by atoms with Gasteiger partial charge in [0.05, 0.1) is 0 Å². The Morgan fingerprint density at radius 1 is 0.696 bits per heavy atom. The molecule has 0 aliphatic heterocycles. The molecule has 23 heavy (non-hydrogen) atoms. The topological polar surface area (TPSA) is 54.4 Å². The second-order valence-electron chi connectivity index (χ2n) is 4.84. The third-order valence-corrected chi connectivity index (χ3v) is 3.08. The van der Waals surface area contributed by atoms with Gasteiger partial charge in [-0.3, -0.25) is 4.55 Å². The van der Waals surface area contributed by atoms with Crippen LogP contribution in [0.1, 0.15) is 11.1 Å². The second-order valence-corrected chi connectivity index (χ2v) is 6.84. The van der Waals surface area contributed by atoms with Crippen LogP contribution in [0.4, 0.5) is 0 Å². The Balaban J connectivity index is 0.000000184. The number of benzene rings is 3. The summed E-state index contributed by atoms with van der Waals surface area (Å²) in [5, 5.41) is 2.62. The quantitative estimate of drug-likeness (QED) is 0.449. The highest BCUT2D eigenvalue weighted by molar-refractivity contribution is 8.09. The highest BCUT2D eigenvalue weighted by Gasteiger charge is 1.87. The first kappa shape index (κ1) is 19.2. The molecule has 3 rings (SSSR count). The zero-order valence-corrected chi connectivity index (χ0v) is 14.6. The maximum Gasteiger partial charge on any atom is 0.353 e. The smallest absolute Gasteiger partial charge is 0.273 e. The van der Waals surface area contributed by atoms with Crippen molar-refractivity contribution in [2.24, 2.45) is 0 Å². The van der Waals surface area contributed by atoms with Crippen molar-refractivity contribution in [3.8, 4) is 0 Å². The molecule has 0 spiro atoms. The Morgan fingerprint density at radius 2 is 0.913 bits per heavy atom. The SMILES string of the molecule is Cc1ccccc1C.O=S(=O)(O)Cl.c1ccc2ccccc2c1. The Bertz CT molecular complexity index is 751. The van der Waals surface area contributed by atoms with E-state index in [-0.39, 0.29) is 0 Å². The lowest BCUT2D eigenvalue weighted by atomic mass is 10.1. The van der Waals surface area contributed by atoms with Gasteiger partial charge in [-0.25, -0.2) is 0 Å². The summed E-state index contributed by atoms with van der Waals surface area (Å²) < 4.78 is 25.2. The van der Waals surface area contributed by atoms with Gasteiger partial charge in [0.1, 0.15) is 0 Å². The van der Waals surface area contributed by atoms with E-state index in [4.69, 9.17) is 13.0 Å². The summed E-state index contributed by atoms with van der Waals surface area (Å²) in [5.74, 6) is 0. The first-order valence-electron chi connectivity index (χ1n) is 6.90. The molecular weight excluding hydrogens is 332 g/mol. The van der Waals surface area contributed by atoms with Crippen molar-refractivity contribution in [2.75, 3.05) is 0 Å². The maximum absolute atomic E-state index is 8.95. The number of halogens is 1. The molecule has 0 saturated carbocycles. The minimum absolute atomic E-state index is 1.31. The molecule has 0 aliphatic carbocycles. The van der Waals surface area contributed by atoms with Gasteiger partial charge in [-0.05, 0) is 35.7 Å². The van der Waals surface area contributed by atoms with E-state index in [1.807, 2.05) is 0 Å². The van der Waals surface area contributed by atoms with E-state index in [0.29, 0.717) is 0 Å². The van der Waals surface area contributed by atoms with Crippen molar-refractivity contribution in [3.05, 3.63) is 83.9 Å². The summed E-state index contributed by atoms with van der Waals surface area (Å²) in [6.07, 6.45) is 0. The first-order chi connectivity index (χ1) is 10.8. The fourth-order valence-corrected chi connectivity index (χ4v) is 1.80. The van der Waals surface area contributed by atoms with Crippen molar-refractivity contribution in [1.29, 1.82) is 0 Å². The van der Waals surface area contributed by atoms with Gasteiger partial charge < -0.3 is 0 Å². The van der Waals surface area contributed by atoms with Gasteiger partial charge in [-0.1, -0.05) is 72.8 Å². The van der Waals surface area contributed by atoms with E-state index in [2.05, 4.69) is 97.3 Å². The van der Waals surface area contributed by atoms with Crippen LogP contribution in [0.3, 0.4) is 0 Å². The zero-order chi connectivity index (χ0) is 17.3. The second kappa shape index (κ2) is 9.30. The summed E-state index contributed by atoms with van der Waals surface area (Å²) in [6.45, 7) is 4.24. The van der Waals surface area contributed by atoms with Crippen molar-refractivity contribution in [2.45, 2.75) is 13.8 Å². The van der Waals surface area contributed by atoms with Crippen LogP contribution in [0.2, 0.25) is 0 Å². The van der Waals surface area contributed by atoms with Crippen molar-refractivity contribution in [1.82, 2.24) is 0 Å². The molecule has 5 heteroatoms. The number of rotatable bonds is 0. The lowest BCUT2D eigenvalue weighted by Crippen LogP contribution is -1.77. The lowest BCUT2D eigenvalue weighted by Gasteiger charge is -1.93. The van der Waals surface area contributed by atoms with Gasteiger partial charge in [-0.15, -0.1) is 0 Å². The van der Waals surface area contributed by atoms with Crippen LogP contribution in [0.15, 0.2) is 72.8 Å². The normalized spacial score (nSPS) is 10.1. The summed E-state index contributed by atoms with van der Waals surface area (Å²) in [5.41, 5.74) is 2.74. The summed E-state index contributed by atoms with van der Waals surface area (Å²) in [7, 11) is -0.137. The third kappa shape index (κ3) is 8.98. The van der Waals surface area contributed by atoms with E-state index in [9.17, 15) is 0 Å². The largest absolute Gasteiger partial charge is 0.353 e. The average Bonchev–Trinajstić information content (AvgIpc) is 2.49. The van der Waals surface area contributed by atoms with Gasteiger partial charge >= 0.3 is 9.33 Å². The molecule has 3 aromatic rings. The van der Waals surface area contributed by atoms with Crippen LogP contribution in [0.5, 0.6) is 0 Å². The zero-order valence-electron chi connectivity index (χ0n) is 13.0. The summed E-state index contributed by atoms with van der Waals surface area (Å²) >= 11 is 0. The molecule has 0 aromatic heterocycles. The van der Waals surface area contributed by atoms with Gasteiger partial charge in [0.2, 0.25) is 0 Å². The fraction of sp³-hybridized carbons (Fsp3) is 0.111. The molecule has 0 aliphatic rings. The van der Waals surface area contributed by atoms with Crippen molar-refractivity contribution in [3.63, 3.8) is 0 Å². The number of hydrogen-bond acceptors (Lipinski definition) is 2. The van der Waals surface area contributed by atoms with E-state index in [0.717, 1.165) is 0 Å². The molecule has 0 saturated heterocycles. The molecule has 0 bridgehead atoms. The molecule has 3 aromatic carbocycles. The summed E-state index contributed by atoms with van der Waals surface area (Å²) in [4.78, 5) is 0. The number of hydrogen-bond donors (Lipinski definition) is 1. The molecule has 0 amide bonds. The highest BCUT2D eigenvalue weighted by Crippen LogP contribution is 2.11. The van der Waals surface area contributed by atoms with Gasteiger partial charge in [0.25, 0.3) is 0 Å².